The van der Waals surface area contributed by atoms with E-state index in [2.05, 4.69) is 6.92 Å². The Morgan fingerprint density at radius 1 is 1.09 bits per heavy atom. The Hall–Kier alpha value is -1.47. The van der Waals surface area contributed by atoms with Crippen LogP contribution in [-0.4, -0.2) is 30.1 Å². The van der Waals surface area contributed by atoms with Crippen molar-refractivity contribution >= 4 is 19.8 Å². The Morgan fingerprint density at radius 3 is 2.18 bits per heavy atom. The van der Waals surface area contributed by atoms with Gasteiger partial charge in [-0.25, -0.2) is 4.79 Å². The maximum absolute atomic E-state index is 10.9. The number of fused-ring (bicyclic) bond motifs is 1. The minimum atomic E-state index is -2.22. The molecule has 1 aromatic carbocycles. The van der Waals surface area contributed by atoms with Crippen LogP contribution in [0.5, 0.6) is 0 Å². The van der Waals surface area contributed by atoms with Crippen molar-refractivity contribution in [3.8, 4) is 0 Å². The van der Waals surface area contributed by atoms with Gasteiger partial charge in [-0.2, -0.15) is 0 Å². The molecule has 2 rings (SSSR count). The molecule has 0 aliphatic rings. The highest BCUT2D eigenvalue weighted by molar-refractivity contribution is 6.60. The Kier molecular flexibility index (Phi) is 7.47. The molecule has 2 aromatic rings. The number of para-hydroxylation sites is 1. The summed E-state index contributed by atoms with van der Waals surface area (Å²) in [6.07, 6.45) is 1.03. The highest BCUT2D eigenvalue weighted by atomic mass is 28.4. The van der Waals surface area contributed by atoms with Crippen molar-refractivity contribution in [3.63, 3.8) is 0 Å². The van der Waals surface area contributed by atoms with Crippen molar-refractivity contribution in [2.24, 2.45) is 0 Å². The zero-order valence-electron chi connectivity index (χ0n) is 13.8. The highest BCUT2D eigenvalue weighted by Gasteiger charge is 2.36. The summed E-state index contributed by atoms with van der Waals surface area (Å²) >= 11 is 0. The Labute approximate surface area is 132 Å². The molecule has 0 N–H and O–H groups in total. The van der Waals surface area contributed by atoms with Gasteiger partial charge in [0.1, 0.15) is 5.58 Å². The first kappa shape index (κ1) is 18.6. The zero-order chi connectivity index (χ0) is 16.6. The van der Waals surface area contributed by atoms with Crippen LogP contribution in [0.1, 0.15) is 18.9 Å². The number of aryl methyl sites for hydroxylation is 1. The molecular formula is C16H24O5Si. The summed E-state index contributed by atoms with van der Waals surface area (Å²) in [6, 6.07) is 9.90. The van der Waals surface area contributed by atoms with E-state index in [0.717, 1.165) is 23.4 Å². The van der Waals surface area contributed by atoms with Crippen LogP contribution >= 0.6 is 0 Å². The zero-order valence-corrected chi connectivity index (χ0v) is 14.8. The first-order chi connectivity index (χ1) is 10.5. The topological polar surface area (TPSA) is 57.9 Å². The Balaban J connectivity index is 0.000000225. The van der Waals surface area contributed by atoms with Crippen molar-refractivity contribution < 1.29 is 17.7 Å². The molecule has 122 valence electrons. The second kappa shape index (κ2) is 8.85. The van der Waals surface area contributed by atoms with E-state index >= 15 is 0 Å². The smallest absolute Gasteiger partial charge is 0.423 e. The molecule has 5 nitrogen and oxygen atoms in total. The molecule has 6 heteroatoms. The average Bonchev–Trinajstić information content (AvgIpc) is 2.53. The van der Waals surface area contributed by atoms with Gasteiger partial charge < -0.3 is 17.7 Å². The van der Waals surface area contributed by atoms with Crippen LogP contribution < -0.4 is 5.63 Å². The molecule has 0 spiro atoms. The van der Waals surface area contributed by atoms with Gasteiger partial charge in [0.25, 0.3) is 0 Å². The van der Waals surface area contributed by atoms with Crippen molar-refractivity contribution in [2.75, 3.05) is 21.3 Å². The average molecular weight is 324 g/mol. The lowest BCUT2D eigenvalue weighted by Gasteiger charge is -2.23. The van der Waals surface area contributed by atoms with E-state index in [1.54, 1.807) is 27.4 Å². The molecule has 0 atom stereocenters. The molecule has 0 saturated heterocycles. The molecule has 0 aliphatic heterocycles. The maximum Gasteiger partial charge on any atom is 0.500 e. The van der Waals surface area contributed by atoms with Crippen LogP contribution in [-0.2, 0) is 13.3 Å². The van der Waals surface area contributed by atoms with Crippen LogP contribution in [0.4, 0.5) is 0 Å². The molecule has 1 heterocycles. The summed E-state index contributed by atoms with van der Waals surface area (Å²) in [6.45, 7) is 3.98. The van der Waals surface area contributed by atoms with Crippen molar-refractivity contribution in [3.05, 3.63) is 46.3 Å². The molecule has 0 amide bonds. The van der Waals surface area contributed by atoms with Crippen LogP contribution in [0.15, 0.2) is 39.5 Å². The van der Waals surface area contributed by atoms with Crippen molar-refractivity contribution in [2.45, 2.75) is 26.3 Å². The molecule has 0 unspecified atom stereocenters. The van der Waals surface area contributed by atoms with Gasteiger partial charge in [-0.15, -0.1) is 0 Å². The lowest BCUT2D eigenvalue weighted by Crippen LogP contribution is -2.42. The van der Waals surface area contributed by atoms with Crippen LogP contribution in [0.25, 0.3) is 11.0 Å². The molecule has 0 fully saturated rings. The summed E-state index contributed by atoms with van der Waals surface area (Å²) in [4.78, 5) is 10.9. The first-order valence-corrected chi connectivity index (χ1v) is 9.10. The molecule has 0 radical (unpaired) electrons. The third-order valence-electron chi connectivity index (χ3n) is 3.35. The van der Waals surface area contributed by atoms with Gasteiger partial charge in [0.05, 0.1) is 0 Å². The fraction of sp³-hybridized carbons (Fsp3) is 0.438. The lowest BCUT2D eigenvalue weighted by atomic mass is 10.1. The van der Waals surface area contributed by atoms with Crippen LogP contribution in [0.2, 0.25) is 6.04 Å². The van der Waals surface area contributed by atoms with Crippen molar-refractivity contribution in [1.82, 2.24) is 0 Å². The van der Waals surface area contributed by atoms with Gasteiger partial charge in [0.15, 0.2) is 0 Å². The standard InChI is InChI=1S/C10H8O2.C6H16O3Si/c1-7-6-10(11)12-9-5-3-2-4-8(7)9;1-5-6-10(7-2,8-3)9-4/h2-6H,1H3;5-6H2,1-4H3. The highest BCUT2D eigenvalue weighted by Crippen LogP contribution is 2.15. The monoisotopic (exact) mass is 324 g/mol. The number of benzene rings is 1. The predicted octanol–water partition coefficient (Wildman–Crippen LogP) is 3.38. The van der Waals surface area contributed by atoms with Gasteiger partial charge in [0.2, 0.25) is 0 Å². The first-order valence-electron chi connectivity index (χ1n) is 7.16. The molecule has 0 bridgehead atoms. The minimum Gasteiger partial charge on any atom is -0.423 e. The minimum absolute atomic E-state index is 0.286. The quantitative estimate of drug-likeness (QED) is 0.623. The number of rotatable bonds is 5. The molecule has 0 aliphatic carbocycles. The van der Waals surface area contributed by atoms with E-state index in [1.807, 2.05) is 25.1 Å². The number of hydrogen-bond acceptors (Lipinski definition) is 5. The molecular weight excluding hydrogens is 300 g/mol. The van der Waals surface area contributed by atoms with E-state index in [9.17, 15) is 4.79 Å². The maximum atomic E-state index is 10.9. The normalized spacial score (nSPS) is 11.1. The van der Waals surface area contributed by atoms with Gasteiger partial charge in [-0.3, -0.25) is 0 Å². The number of hydrogen-bond donors (Lipinski definition) is 0. The fourth-order valence-corrected chi connectivity index (χ4v) is 3.86. The summed E-state index contributed by atoms with van der Waals surface area (Å²) in [5.41, 5.74) is 1.33. The van der Waals surface area contributed by atoms with Gasteiger partial charge in [0, 0.05) is 38.8 Å². The van der Waals surface area contributed by atoms with Gasteiger partial charge >= 0.3 is 14.4 Å². The molecule has 1 aromatic heterocycles. The predicted molar refractivity (Wildman–Crippen MR) is 89.1 cm³/mol. The second-order valence-electron chi connectivity index (χ2n) is 4.79. The van der Waals surface area contributed by atoms with E-state index in [1.165, 1.54) is 6.07 Å². The largest absolute Gasteiger partial charge is 0.500 e. The molecule has 0 saturated carbocycles. The van der Waals surface area contributed by atoms with E-state index in [-0.39, 0.29) is 5.63 Å². The third kappa shape index (κ3) is 4.77. The SMILES string of the molecule is CCC[Si](OC)(OC)OC.Cc1cc(=O)oc2ccccc12. The lowest BCUT2D eigenvalue weighted by molar-refractivity contribution is 0.123. The van der Waals surface area contributed by atoms with Gasteiger partial charge in [-0.1, -0.05) is 31.5 Å². The van der Waals surface area contributed by atoms with Crippen molar-refractivity contribution in [1.29, 1.82) is 0 Å². The van der Waals surface area contributed by atoms with E-state index in [0.29, 0.717) is 5.58 Å². The van der Waals surface area contributed by atoms with Gasteiger partial charge in [-0.05, 0) is 18.6 Å². The second-order valence-corrected chi connectivity index (χ2v) is 7.88. The summed E-state index contributed by atoms with van der Waals surface area (Å²) < 4.78 is 20.5. The summed E-state index contributed by atoms with van der Waals surface area (Å²) in [5.74, 6) is 0. The third-order valence-corrected chi connectivity index (χ3v) is 6.32. The Bertz CT molecular complexity index is 625. The Morgan fingerprint density at radius 2 is 1.68 bits per heavy atom. The summed E-state index contributed by atoms with van der Waals surface area (Å²) in [5, 5.41) is 0.997. The van der Waals surface area contributed by atoms with Crippen LogP contribution in [0.3, 0.4) is 0 Å². The van der Waals surface area contributed by atoms with E-state index in [4.69, 9.17) is 17.7 Å². The summed E-state index contributed by atoms with van der Waals surface area (Å²) in [7, 11) is 2.68. The van der Waals surface area contributed by atoms with Crippen LogP contribution in [0, 0.1) is 6.92 Å². The molecule has 22 heavy (non-hydrogen) atoms. The van der Waals surface area contributed by atoms with E-state index < -0.39 is 8.80 Å². The fourth-order valence-electron chi connectivity index (χ4n) is 2.14.